The molecule has 5 nitrogen and oxygen atoms in total. The summed E-state index contributed by atoms with van der Waals surface area (Å²) in [7, 11) is 0. The first-order valence-corrected chi connectivity index (χ1v) is 12.6. The standard InChI is InChI=1S/C26H34N2O3S/c1-18(2)14-25(29)27(15-20-6-7-20)16-26(30)28-12-10-24-22(11-13-32-24)23(28)17-31-21-8-4-19(3)5-9-21/h4-5,8-9,11,13,18,20,23H,6-7,10,12,14-17H2,1-3H3/t23-/m0/s1. The van der Waals surface area contributed by atoms with Crippen LogP contribution in [0.25, 0.3) is 0 Å². The zero-order valence-electron chi connectivity index (χ0n) is 19.4. The third kappa shape index (κ3) is 5.71. The maximum Gasteiger partial charge on any atom is 0.242 e. The molecule has 172 valence electrons. The molecule has 2 heterocycles. The van der Waals surface area contributed by atoms with Crippen molar-refractivity contribution in [2.45, 2.75) is 52.5 Å². The average molecular weight is 455 g/mol. The van der Waals surface area contributed by atoms with Crippen LogP contribution in [0.5, 0.6) is 5.75 Å². The lowest BCUT2D eigenvalue weighted by Crippen LogP contribution is -2.48. The van der Waals surface area contributed by atoms with E-state index in [2.05, 4.69) is 32.2 Å². The summed E-state index contributed by atoms with van der Waals surface area (Å²) in [6.07, 6.45) is 3.68. The van der Waals surface area contributed by atoms with Gasteiger partial charge in [0.05, 0.1) is 12.6 Å². The van der Waals surface area contributed by atoms with Crippen LogP contribution < -0.4 is 4.74 Å². The first-order chi connectivity index (χ1) is 15.4. The van der Waals surface area contributed by atoms with Gasteiger partial charge in [-0.15, -0.1) is 11.3 Å². The summed E-state index contributed by atoms with van der Waals surface area (Å²) >= 11 is 1.75. The van der Waals surface area contributed by atoms with Gasteiger partial charge < -0.3 is 14.5 Å². The summed E-state index contributed by atoms with van der Waals surface area (Å²) in [5.74, 6) is 1.79. The molecule has 2 aliphatic rings. The molecule has 1 aromatic heterocycles. The van der Waals surface area contributed by atoms with Crippen LogP contribution in [0.3, 0.4) is 0 Å². The molecule has 1 aromatic carbocycles. The first-order valence-electron chi connectivity index (χ1n) is 11.7. The Balaban J connectivity index is 1.48. The monoisotopic (exact) mass is 454 g/mol. The second-order valence-electron chi connectivity index (χ2n) is 9.59. The lowest BCUT2D eigenvalue weighted by Gasteiger charge is -2.37. The highest BCUT2D eigenvalue weighted by atomic mass is 32.1. The van der Waals surface area contributed by atoms with Crippen LogP contribution in [0.1, 0.15) is 55.2 Å². The highest BCUT2D eigenvalue weighted by molar-refractivity contribution is 7.10. The molecule has 0 spiro atoms. The molecule has 0 saturated heterocycles. The number of rotatable bonds is 9. The van der Waals surface area contributed by atoms with E-state index in [1.807, 2.05) is 29.2 Å². The van der Waals surface area contributed by atoms with Crippen molar-refractivity contribution in [3.05, 3.63) is 51.7 Å². The molecule has 2 amide bonds. The Kier molecular flexibility index (Phi) is 7.19. The molecule has 0 radical (unpaired) electrons. The van der Waals surface area contributed by atoms with Crippen molar-refractivity contribution in [1.82, 2.24) is 9.80 Å². The number of fused-ring (bicyclic) bond motifs is 1. The number of hydrogen-bond donors (Lipinski definition) is 0. The van der Waals surface area contributed by atoms with Gasteiger partial charge in [0.1, 0.15) is 12.4 Å². The highest BCUT2D eigenvalue weighted by Gasteiger charge is 2.35. The van der Waals surface area contributed by atoms with Gasteiger partial charge in [0.2, 0.25) is 11.8 Å². The van der Waals surface area contributed by atoms with Gasteiger partial charge in [0, 0.05) is 24.4 Å². The number of benzene rings is 1. The zero-order chi connectivity index (χ0) is 22.7. The first kappa shape index (κ1) is 22.8. The van der Waals surface area contributed by atoms with Gasteiger partial charge in [-0.2, -0.15) is 0 Å². The Morgan fingerprint density at radius 2 is 1.94 bits per heavy atom. The van der Waals surface area contributed by atoms with E-state index in [1.54, 1.807) is 16.2 Å². The van der Waals surface area contributed by atoms with Gasteiger partial charge in [-0.25, -0.2) is 0 Å². The van der Waals surface area contributed by atoms with Crippen LogP contribution in [0, 0.1) is 18.8 Å². The molecular weight excluding hydrogens is 420 g/mol. The van der Waals surface area contributed by atoms with Gasteiger partial charge in [0.25, 0.3) is 0 Å². The molecule has 0 unspecified atom stereocenters. The SMILES string of the molecule is Cc1ccc(OC[C@H]2c3ccsc3CCN2C(=O)CN(CC2CC2)C(=O)CC(C)C)cc1. The molecule has 1 fully saturated rings. The highest BCUT2D eigenvalue weighted by Crippen LogP contribution is 2.34. The summed E-state index contributed by atoms with van der Waals surface area (Å²) in [5.41, 5.74) is 2.37. The van der Waals surface area contributed by atoms with E-state index < -0.39 is 0 Å². The number of carbonyl (C=O) groups excluding carboxylic acids is 2. The molecule has 1 aliphatic carbocycles. The average Bonchev–Trinajstić information content (AvgIpc) is 3.44. The molecule has 0 bridgehead atoms. The van der Waals surface area contributed by atoms with Gasteiger partial charge in [-0.05, 0) is 67.2 Å². The Morgan fingerprint density at radius 1 is 1.19 bits per heavy atom. The third-order valence-corrected chi connectivity index (χ3v) is 7.28. The fraction of sp³-hybridized carbons (Fsp3) is 0.538. The van der Waals surface area contributed by atoms with E-state index in [1.165, 1.54) is 16.0 Å². The number of amides is 2. The van der Waals surface area contributed by atoms with Crippen molar-refractivity contribution in [3.8, 4) is 5.75 Å². The van der Waals surface area contributed by atoms with Crippen molar-refractivity contribution in [1.29, 1.82) is 0 Å². The van der Waals surface area contributed by atoms with E-state index in [-0.39, 0.29) is 24.4 Å². The number of aryl methyl sites for hydroxylation is 1. The van der Waals surface area contributed by atoms with Crippen LogP contribution in [-0.4, -0.2) is 47.9 Å². The Morgan fingerprint density at radius 3 is 2.62 bits per heavy atom. The van der Waals surface area contributed by atoms with E-state index in [9.17, 15) is 9.59 Å². The molecule has 4 rings (SSSR count). The van der Waals surface area contributed by atoms with Gasteiger partial charge in [-0.3, -0.25) is 9.59 Å². The molecule has 1 aliphatic heterocycles. The normalized spacial score (nSPS) is 17.9. The molecule has 1 saturated carbocycles. The van der Waals surface area contributed by atoms with E-state index in [0.29, 0.717) is 38.0 Å². The van der Waals surface area contributed by atoms with Gasteiger partial charge in [-0.1, -0.05) is 31.5 Å². The van der Waals surface area contributed by atoms with Crippen molar-refractivity contribution >= 4 is 23.2 Å². The Labute approximate surface area is 195 Å². The van der Waals surface area contributed by atoms with E-state index >= 15 is 0 Å². The Hall–Kier alpha value is -2.34. The van der Waals surface area contributed by atoms with Crippen LogP contribution >= 0.6 is 11.3 Å². The quantitative estimate of drug-likeness (QED) is 0.544. The lowest BCUT2D eigenvalue weighted by atomic mass is 10.00. The minimum absolute atomic E-state index is 0.0251. The summed E-state index contributed by atoms with van der Waals surface area (Å²) in [6, 6.07) is 10.0. The third-order valence-electron chi connectivity index (χ3n) is 6.28. The number of thiophene rings is 1. The van der Waals surface area contributed by atoms with Crippen LogP contribution in [0.15, 0.2) is 35.7 Å². The summed E-state index contributed by atoms with van der Waals surface area (Å²) in [5, 5.41) is 2.10. The molecule has 32 heavy (non-hydrogen) atoms. The predicted octanol–water partition coefficient (Wildman–Crippen LogP) is 4.85. The summed E-state index contributed by atoms with van der Waals surface area (Å²) < 4.78 is 6.12. The van der Waals surface area contributed by atoms with Crippen LogP contribution in [-0.2, 0) is 16.0 Å². The molecule has 1 atom stereocenters. The Bertz CT molecular complexity index is 933. The fourth-order valence-corrected chi connectivity index (χ4v) is 5.21. The molecule has 0 N–H and O–H groups in total. The maximum absolute atomic E-state index is 13.5. The van der Waals surface area contributed by atoms with Crippen molar-refractivity contribution < 1.29 is 14.3 Å². The number of nitrogens with zero attached hydrogens (tertiary/aromatic N) is 2. The largest absolute Gasteiger partial charge is 0.491 e. The van der Waals surface area contributed by atoms with Crippen LogP contribution in [0.2, 0.25) is 0 Å². The zero-order valence-corrected chi connectivity index (χ0v) is 20.2. The summed E-state index contributed by atoms with van der Waals surface area (Å²) in [4.78, 5) is 31.4. The van der Waals surface area contributed by atoms with Gasteiger partial charge in [0.15, 0.2) is 0 Å². The predicted molar refractivity (Wildman–Crippen MR) is 128 cm³/mol. The minimum Gasteiger partial charge on any atom is -0.491 e. The molecular formula is C26H34N2O3S. The van der Waals surface area contributed by atoms with E-state index in [4.69, 9.17) is 4.74 Å². The van der Waals surface area contributed by atoms with Crippen molar-refractivity contribution in [2.75, 3.05) is 26.2 Å². The lowest BCUT2D eigenvalue weighted by molar-refractivity contribution is -0.143. The number of hydrogen-bond acceptors (Lipinski definition) is 4. The van der Waals surface area contributed by atoms with Crippen LogP contribution in [0.4, 0.5) is 0 Å². The number of ether oxygens (including phenoxy) is 1. The number of carbonyl (C=O) groups is 2. The van der Waals surface area contributed by atoms with Crippen molar-refractivity contribution in [2.24, 2.45) is 11.8 Å². The summed E-state index contributed by atoms with van der Waals surface area (Å²) in [6.45, 7) is 8.12. The minimum atomic E-state index is -0.123. The van der Waals surface area contributed by atoms with E-state index in [0.717, 1.165) is 25.0 Å². The topological polar surface area (TPSA) is 49.9 Å². The fourth-order valence-electron chi connectivity index (χ4n) is 4.28. The van der Waals surface area contributed by atoms with Gasteiger partial charge >= 0.3 is 0 Å². The smallest absolute Gasteiger partial charge is 0.242 e. The second-order valence-corrected chi connectivity index (χ2v) is 10.6. The maximum atomic E-state index is 13.5. The molecule has 2 aromatic rings. The second kappa shape index (κ2) is 10.1. The molecule has 6 heteroatoms. The van der Waals surface area contributed by atoms with Crippen molar-refractivity contribution in [3.63, 3.8) is 0 Å².